The summed E-state index contributed by atoms with van der Waals surface area (Å²) in [6.45, 7) is 7.82. The Bertz CT molecular complexity index is 1380. The molecule has 0 saturated heterocycles. The van der Waals surface area contributed by atoms with Crippen LogP contribution in [0.5, 0.6) is 0 Å². The second-order valence-corrected chi connectivity index (χ2v) is 11.8. The van der Waals surface area contributed by atoms with Crippen LogP contribution in [0.2, 0.25) is 0 Å². The van der Waals surface area contributed by atoms with Crippen molar-refractivity contribution in [2.24, 2.45) is 5.92 Å². The van der Waals surface area contributed by atoms with Crippen molar-refractivity contribution >= 4 is 32.8 Å². The molecule has 3 heterocycles. The van der Waals surface area contributed by atoms with Crippen LogP contribution in [0.15, 0.2) is 42.9 Å². The van der Waals surface area contributed by atoms with Gasteiger partial charge in [-0.1, -0.05) is 20.8 Å². The number of anilines is 1. The number of aromatic nitrogens is 4. The number of carbonyl (C=O) groups is 1. The first-order valence-corrected chi connectivity index (χ1v) is 12.8. The molecular weight excluding hydrogens is 468 g/mol. The van der Waals surface area contributed by atoms with Crippen LogP contribution in [-0.2, 0) is 26.9 Å². The highest BCUT2D eigenvalue weighted by Gasteiger charge is 2.27. The minimum atomic E-state index is -4.04. The zero-order chi connectivity index (χ0) is 25.5. The number of amides is 1. The minimum absolute atomic E-state index is 0.193. The van der Waals surface area contributed by atoms with E-state index in [1.54, 1.807) is 32.5 Å². The number of hydrogen-bond donors (Lipinski definition) is 0. The van der Waals surface area contributed by atoms with Gasteiger partial charge in [-0.25, -0.2) is 4.98 Å². The van der Waals surface area contributed by atoms with Crippen LogP contribution in [0.4, 0.5) is 5.69 Å². The fraction of sp³-hybridized carbons (Fsp3) is 0.458. The van der Waals surface area contributed by atoms with E-state index in [1.807, 2.05) is 6.07 Å². The molecule has 3 aromatic rings. The molecule has 188 valence electrons. The lowest BCUT2D eigenvalue weighted by Gasteiger charge is -2.24. The standard InChI is InChI=1S/C24H32N6O4S/c1-24(2,3)23-26-20-13-19(7-8-21(20)29(23)15-17-9-11-34-12-10-17)28(6)35(32,33)30-16-18(14-25-30)22(31)27(4)5/h7-9,11,13-14,16-17H,10,12,15H2,1-6H3. The first kappa shape index (κ1) is 24.8. The molecule has 0 bridgehead atoms. The lowest BCUT2D eigenvalue weighted by molar-refractivity contribution is 0.0827. The lowest BCUT2D eigenvalue weighted by Crippen LogP contribution is -2.32. The molecule has 0 radical (unpaired) electrons. The first-order chi connectivity index (χ1) is 16.4. The smallest absolute Gasteiger partial charge is 0.345 e. The van der Waals surface area contributed by atoms with Crippen molar-refractivity contribution in [1.82, 2.24) is 23.6 Å². The van der Waals surface area contributed by atoms with Crippen molar-refractivity contribution < 1.29 is 17.9 Å². The third-order valence-corrected chi connectivity index (χ3v) is 7.61. The molecule has 0 spiro atoms. The van der Waals surface area contributed by atoms with Crippen LogP contribution in [-0.4, -0.2) is 65.7 Å². The van der Waals surface area contributed by atoms with Gasteiger partial charge in [-0.2, -0.15) is 13.5 Å². The van der Waals surface area contributed by atoms with E-state index < -0.39 is 10.2 Å². The van der Waals surface area contributed by atoms with E-state index in [2.05, 4.69) is 36.5 Å². The zero-order valence-electron chi connectivity index (χ0n) is 21.0. The van der Waals surface area contributed by atoms with Gasteiger partial charge in [-0.05, 0) is 30.7 Å². The molecule has 1 atom stereocenters. The van der Waals surface area contributed by atoms with Crippen LogP contribution < -0.4 is 4.31 Å². The van der Waals surface area contributed by atoms with E-state index in [4.69, 9.17) is 9.72 Å². The average Bonchev–Trinajstić information content (AvgIpc) is 3.44. The van der Waals surface area contributed by atoms with Gasteiger partial charge in [0, 0.05) is 39.0 Å². The molecule has 1 aliphatic rings. The van der Waals surface area contributed by atoms with Gasteiger partial charge in [-0.3, -0.25) is 9.10 Å². The number of benzene rings is 1. The van der Waals surface area contributed by atoms with Gasteiger partial charge in [0.15, 0.2) is 0 Å². The van der Waals surface area contributed by atoms with Gasteiger partial charge in [-0.15, -0.1) is 4.09 Å². The lowest BCUT2D eigenvalue weighted by atomic mass is 9.95. The maximum atomic E-state index is 13.2. The Labute approximate surface area is 206 Å². The molecule has 0 saturated carbocycles. The number of nitrogens with zero attached hydrogens (tertiary/aromatic N) is 6. The highest BCUT2D eigenvalue weighted by molar-refractivity contribution is 7.91. The summed E-state index contributed by atoms with van der Waals surface area (Å²) in [6, 6.07) is 5.44. The van der Waals surface area contributed by atoms with Crippen molar-refractivity contribution in [3.05, 3.63) is 54.3 Å². The Kier molecular flexibility index (Phi) is 6.39. The molecular formula is C24H32N6O4S. The number of hydrogen-bond acceptors (Lipinski definition) is 6. The third kappa shape index (κ3) is 4.77. The molecule has 35 heavy (non-hydrogen) atoms. The number of ether oxygens (including phenoxy) is 1. The molecule has 0 aliphatic carbocycles. The molecule has 1 aliphatic heterocycles. The van der Waals surface area contributed by atoms with Crippen LogP contribution in [0.3, 0.4) is 0 Å². The van der Waals surface area contributed by atoms with E-state index >= 15 is 0 Å². The number of imidazole rings is 1. The SMILES string of the molecule is CN(C)C(=O)c1cnn(S(=O)(=O)N(C)c2ccc3c(c2)nc(C(C)(C)C)n3CC2C=COCC2)c1. The topological polar surface area (TPSA) is 103 Å². The maximum absolute atomic E-state index is 13.2. The monoisotopic (exact) mass is 500 g/mol. The summed E-state index contributed by atoms with van der Waals surface area (Å²) in [5, 5.41) is 3.92. The average molecular weight is 501 g/mol. The number of carbonyl (C=O) groups excluding carboxylic acids is 1. The highest BCUT2D eigenvalue weighted by atomic mass is 32.2. The summed E-state index contributed by atoms with van der Waals surface area (Å²) in [5.41, 5.74) is 2.11. The molecule has 0 fully saturated rings. The Morgan fingerprint density at radius 1 is 1.23 bits per heavy atom. The summed E-state index contributed by atoms with van der Waals surface area (Å²) in [5.74, 6) is 0.952. The maximum Gasteiger partial charge on any atom is 0.345 e. The number of fused-ring (bicyclic) bond motifs is 1. The van der Waals surface area contributed by atoms with Gasteiger partial charge < -0.3 is 14.2 Å². The van der Waals surface area contributed by atoms with Crippen LogP contribution in [0.1, 0.15) is 43.4 Å². The molecule has 1 unspecified atom stereocenters. The van der Waals surface area contributed by atoms with Crippen LogP contribution >= 0.6 is 0 Å². The summed E-state index contributed by atoms with van der Waals surface area (Å²) >= 11 is 0. The first-order valence-electron chi connectivity index (χ1n) is 11.4. The molecule has 2 aromatic heterocycles. The van der Waals surface area contributed by atoms with Crippen molar-refractivity contribution in [2.45, 2.75) is 39.2 Å². The van der Waals surface area contributed by atoms with E-state index in [0.29, 0.717) is 18.2 Å². The predicted molar refractivity (Wildman–Crippen MR) is 135 cm³/mol. The van der Waals surface area contributed by atoms with Gasteiger partial charge in [0.2, 0.25) is 0 Å². The van der Waals surface area contributed by atoms with Gasteiger partial charge in [0.05, 0.1) is 47.5 Å². The van der Waals surface area contributed by atoms with Gasteiger partial charge in [0.1, 0.15) is 5.82 Å². The Morgan fingerprint density at radius 3 is 2.60 bits per heavy atom. The Hall–Kier alpha value is -3.34. The summed E-state index contributed by atoms with van der Waals surface area (Å²) in [6.07, 6.45) is 7.24. The van der Waals surface area contributed by atoms with E-state index in [0.717, 1.165) is 38.2 Å². The predicted octanol–water partition coefficient (Wildman–Crippen LogP) is 3.01. The Balaban J connectivity index is 1.70. The molecule has 1 amide bonds. The van der Waals surface area contributed by atoms with E-state index in [9.17, 15) is 13.2 Å². The second-order valence-electron chi connectivity index (χ2n) is 9.99. The summed E-state index contributed by atoms with van der Waals surface area (Å²) in [4.78, 5) is 18.4. The molecule has 4 rings (SSSR count). The highest BCUT2D eigenvalue weighted by Crippen LogP contribution is 2.31. The summed E-state index contributed by atoms with van der Waals surface area (Å²) in [7, 11) is 0.608. The van der Waals surface area contributed by atoms with Crippen LogP contribution in [0, 0.1) is 5.92 Å². The second kappa shape index (κ2) is 9.03. The summed E-state index contributed by atoms with van der Waals surface area (Å²) < 4.78 is 36.0. The van der Waals surface area contributed by atoms with Crippen molar-refractivity contribution in [3.63, 3.8) is 0 Å². The quantitative estimate of drug-likeness (QED) is 0.516. The fourth-order valence-electron chi connectivity index (χ4n) is 4.07. The molecule has 11 heteroatoms. The Morgan fingerprint density at radius 2 is 1.97 bits per heavy atom. The largest absolute Gasteiger partial charge is 0.501 e. The number of allylic oxidation sites excluding steroid dienone is 1. The van der Waals surface area contributed by atoms with E-state index in [1.165, 1.54) is 24.3 Å². The van der Waals surface area contributed by atoms with E-state index in [-0.39, 0.29) is 16.9 Å². The minimum Gasteiger partial charge on any atom is -0.501 e. The van der Waals surface area contributed by atoms with Gasteiger partial charge in [0.25, 0.3) is 5.91 Å². The zero-order valence-corrected chi connectivity index (χ0v) is 21.8. The van der Waals surface area contributed by atoms with Crippen molar-refractivity contribution in [2.75, 3.05) is 32.1 Å². The van der Waals surface area contributed by atoms with Crippen molar-refractivity contribution in [3.8, 4) is 0 Å². The number of rotatable bonds is 6. The third-order valence-electron chi connectivity index (χ3n) is 6.03. The molecule has 1 aromatic carbocycles. The van der Waals surface area contributed by atoms with Crippen LogP contribution in [0.25, 0.3) is 11.0 Å². The van der Waals surface area contributed by atoms with Crippen molar-refractivity contribution in [1.29, 1.82) is 0 Å². The van der Waals surface area contributed by atoms with Gasteiger partial charge >= 0.3 is 10.2 Å². The fourth-order valence-corrected chi connectivity index (χ4v) is 5.11. The molecule has 10 nitrogen and oxygen atoms in total. The normalized spacial score (nSPS) is 16.3. The molecule has 0 N–H and O–H groups in total.